The Labute approximate surface area is 121 Å². The van der Waals surface area contributed by atoms with Crippen LogP contribution >= 0.6 is 0 Å². The molecule has 2 N–H and O–H groups in total. The fraction of sp³-hybridized carbons (Fsp3) is 0.769. The minimum atomic E-state index is -3.48. The van der Waals surface area contributed by atoms with Crippen molar-refractivity contribution in [3.8, 4) is 0 Å². The van der Waals surface area contributed by atoms with Gasteiger partial charge in [0, 0.05) is 25.8 Å². The molecular weight excluding hydrogens is 276 g/mol. The van der Waals surface area contributed by atoms with E-state index in [4.69, 9.17) is 5.73 Å². The predicted molar refractivity (Wildman–Crippen MR) is 77.6 cm³/mol. The summed E-state index contributed by atoms with van der Waals surface area (Å²) in [5, 5.41) is 3.97. The van der Waals surface area contributed by atoms with E-state index in [2.05, 4.69) is 5.10 Å². The third-order valence-corrected chi connectivity index (χ3v) is 6.09. The van der Waals surface area contributed by atoms with Crippen LogP contribution in [0.1, 0.15) is 32.6 Å². The maximum atomic E-state index is 12.8. The Hall–Kier alpha value is -0.920. The quantitative estimate of drug-likeness (QED) is 0.878. The van der Waals surface area contributed by atoms with Crippen molar-refractivity contribution in [2.24, 2.45) is 18.7 Å². The van der Waals surface area contributed by atoms with Crippen molar-refractivity contribution >= 4 is 10.0 Å². The highest BCUT2D eigenvalue weighted by Crippen LogP contribution is 2.31. The molecule has 1 saturated carbocycles. The van der Waals surface area contributed by atoms with Crippen LogP contribution in [0.15, 0.2) is 17.3 Å². The van der Waals surface area contributed by atoms with Crippen LogP contribution in [0.25, 0.3) is 0 Å². The molecule has 0 aliphatic heterocycles. The van der Waals surface area contributed by atoms with Crippen LogP contribution in [0.4, 0.5) is 0 Å². The molecule has 0 radical (unpaired) electrons. The summed E-state index contributed by atoms with van der Waals surface area (Å²) in [4.78, 5) is 0.267. The van der Waals surface area contributed by atoms with Crippen LogP contribution in [0, 0.1) is 5.92 Å². The number of nitrogens with zero attached hydrogens (tertiary/aromatic N) is 3. The van der Waals surface area contributed by atoms with E-state index < -0.39 is 10.0 Å². The summed E-state index contributed by atoms with van der Waals surface area (Å²) in [6, 6.07) is 0.0176. The summed E-state index contributed by atoms with van der Waals surface area (Å²) < 4.78 is 28.7. The lowest BCUT2D eigenvalue weighted by molar-refractivity contribution is 0.187. The number of rotatable bonds is 5. The summed E-state index contributed by atoms with van der Waals surface area (Å²) in [7, 11) is -1.76. The highest BCUT2D eigenvalue weighted by molar-refractivity contribution is 7.89. The first-order valence-corrected chi connectivity index (χ1v) is 8.65. The van der Waals surface area contributed by atoms with Gasteiger partial charge in [-0.2, -0.15) is 9.40 Å². The highest BCUT2D eigenvalue weighted by Gasteiger charge is 2.36. The van der Waals surface area contributed by atoms with Gasteiger partial charge in [0.1, 0.15) is 4.90 Å². The van der Waals surface area contributed by atoms with Crippen molar-refractivity contribution in [1.29, 1.82) is 0 Å². The molecule has 0 spiro atoms. The maximum absolute atomic E-state index is 12.8. The number of nitrogens with two attached hydrogens (primary N) is 1. The second kappa shape index (κ2) is 6.24. The van der Waals surface area contributed by atoms with Gasteiger partial charge in [0.2, 0.25) is 10.0 Å². The molecule has 0 saturated heterocycles. The van der Waals surface area contributed by atoms with Gasteiger partial charge >= 0.3 is 0 Å². The number of aromatic nitrogens is 2. The molecule has 1 aromatic rings. The van der Waals surface area contributed by atoms with E-state index in [1.165, 1.54) is 10.9 Å². The summed E-state index contributed by atoms with van der Waals surface area (Å²) in [6.45, 7) is 2.90. The molecule has 1 fully saturated rings. The Morgan fingerprint density at radius 2 is 2.15 bits per heavy atom. The van der Waals surface area contributed by atoms with Crippen molar-refractivity contribution in [3.63, 3.8) is 0 Å². The van der Waals surface area contributed by atoms with Gasteiger partial charge in [-0.15, -0.1) is 0 Å². The van der Waals surface area contributed by atoms with Gasteiger partial charge in [-0.05, 0) is 25.3 Å². The average Bonchev–Trinajstić information content (AvgIpc) is 2.87. The Morgan fingerprint density at radius 1 is 1.45 bits per heavy atom. The lowest BCUT2D eigenvalue weighted by atomic mass is 9.84. The SMILES string of the molecule is CCN(C1CCCCC1CN)S(=O)(=O)c1cnn(C)c1. The zero-order valence-electron chi connectivity index (χ0n) is 12.2. The zero-order chi connectivity index (χ0) is 14.8. The third-order valence-electron chi connectivity index (χ3n) is 4.14. The Balaban J connectivity index is 2.31. The zero-order valence-corrected chi connectivity index (χ0v) is 13.0. The topological polar surface area (TPSA) is 81.2 Å². The molecule has 6 nitrogen and oxygen atoms in total. The van der Waals surface area contributed by atoms with E-state index in [0.29, 0.717) is 13.1 Å². The lowest BCUT2D eigenvalue weighted by Gasteiger charge is -2.38. The van der Waals surface area contributed by atoms with E-state index in [9.17, 15) is 8.42 Å². The molecule has 114 valence electrons. The first kappa shape index (κ1) is 15.5. The van der Waals surface area contributed by atoms with Crippen molar-refractivity contribution in [2.45, 2.75) is 43.5 Å². The Kier molecular flexibility index (Phi) is 4.82. The summed E-state index contributed by atoms with van der Waals surface area (Å²) >= 11 is 0. The van der Waals surface area contributed by atoms with Crippen molar-refractivity contribution < 1.29 is 8.42 Å². The molecule has 2 atom stereocenters. The van der Waals surface area contributed by atoms with Crippen LogP contribution in [-0.4, -0.2) is 41.6 Å². The maximum Gasteiger partial charge on any atom is 0.246 e. The van der Waals surface area contributed by atoms with Gasteiger partial charge in [0.15, 0.2) is 0 Å². The fourth-order valence-electron chi connectivity index (χ4n) is 3.09. The number of hydrogen-bond donors (Lipinski definition) is 1. The standard InChI is InChI=1S/C13H24N4O2S/c1-3-17(13-7-5-4-6-11(13)8-14)20(18,19)12-9-15-16(2)10-12/h9-11,13H,3-8,14H2,1-2H3. The lowest BCUT2D eigenvalue weighted by Crippen LogP contribution is -2.47. The van der Waals surface area contributed by atoms with E-state index >= 15 is 0 Å². The highest BCUT2D eigenvalue weighted by atomic mass is 32.2. The third kappa shape index (κ3) is 2.89. The molecule has 20 heavy (non-hydrogen) atoms. The van der Waals surface area contributed by atoms with Gasteiger partial charge < -0.3 is 5.73 Å². The molecule has 1 aromatic heterocycles. The van der Waals surface area contributed by atoms with Gasteiger partial charge in [0.05, 0.1) is 6.20 Å². The molecule has 0 aromatic carbocycles. The molecule has 1 aliphatic rings. The molecule has 0 bridgehead atoms. The number of aryl methyl sites for hydroxylation is 1. The molecular formula is C13H24N4O2S. The van der Waals surface area contributed by atoms with Crippen LogP contribution in [0.3, 0.4) is 0 Å². The van der Waals surface area contributed by atoms with E-state index in [0.717, 1.165) is 25.7 Å². The van der Waals surface area contributed by atoms with Gasteiger partial charge in [-0.3, -0.25) is 4.68 Å². The van der Waals surface area contributed by atoms with E-state index in [1.807, 2.05) is 6.92 Å². The normalized spacial score (nSPS) is 24.2. The van der Waals surface area contributed by atoms with Crippen LogP contribution in [-0.2, 0) is 17.1 Å². The second-order valence-corrected chi connectivity index (χ2v) is 7.30. The minimum Gasteiger partial charge on any atom is -0.330 e. The van der Waals surface area contributed by atoms with Gasteiger partial charge in [-0.1, -0.05) is 19.8 Å². The summed E-state index contributed by atoms with van der Waals surface area (Å²) in [6.07, 6.45) is 7.09. The molecule has 1 heterocycles. The monoisotopic (exact) mass is 300 g/mol. The molecule has 2 unspecified atom stereocenters. The van der Waals surface area contributed by atoms with Crippen molar-refractivity contribution in [2.75, 3.05) is 13.1 Å². The van der Waals surface area contributed by atoms with Crippen LogP contribution in [0.5, 0.6) is 0 Å². The van der Waals surface area contributed by atoms with Crippen LogP contribution in [0.2, 0.25) is 0 Å². The van der Waals surface area contributed by atoms with Gasteiger partial charge in [-0.25, -0.2) is 8.42 Å². The Bertz CT molecular complexity index is 540. The van der Waals surface area contributed by atoms with Crippen molar-refractivity contribution in [1.82, 2.24) is 14.1 Å². The predicted octanol–water partition coefficient (Wildman–Crippen LogP) is 0.948. The number of hydrogen-bond acceptors (Lipinski definition) is 4. The first-order chi connectivity index (χ1) is 9.50. The average molecular weight is 300 g/mol. The largest absolute Gasteiger partial charge is 0.330 e. The molecule has 7 heteroatoms. The smallest absolute Gasteiger partial charge is 0.246 e. The minimum absolute atomic E-state index is 0.0176. The molecule has 1 aliphatic carbocycles. The fourth-order valence-corrected chi connectivity index (χ4v) is 4.80. The summed E-state index contributed by atoms with van der Waals surface area (Å²) in [5.74, 6) is 0.259. The van der Waals surface area contributed by atoms with E-state index in [-0.39, 0.29) is 16.9 Å². The summed E-state index contributed by atoms with van der Waals surface area (Å²) in [5.41, 5.74) is 5.83. The first-order valence-electron chi connectivity index (χ1n) is 7.21. The number of sulfonamides is 1. The van der Waals surface area contributed by atoms with E-state index in [1.54, 1.807) is 17.5 Å². The van der Waals surface area contributed by atoms with Crippen molar-refractivity contribution in [3.05, 3.63) is 12.4 Å². The van der Waals surface area contributed by atoms with Gasteiger partial charge in [0.25, 0.3) is 0 Å². The molecule has 2 rings (SSSR count). The van der Waals surface area contributed by atoms with Crippen LogP contribution < -0.4 is 5.73 Å². The Morgan fingerprint density at radius 3 is 2.70 bits per heavy atom. The second-order valence-electron chi connectivity index (χ2n) is 5.41. The molecule has 0 amide bonds.